The Balaban J connectivity index is 1.54. The second-order valence-corrected chi connectivity index (χ2v) is 8.94. The first-order chi connectivity index (χ1) is 14.9. The average Bonchev–Trinajstić information content (AvgIpc) is 3.06. The fourth-order valence-corrected chi connectivity index (χ4v) is 3.57. The summed E-state index contributed by atoms with van der Waals surface area (Å²) in [5.41, 5.74) is 2.43. The number of carbonyl (C=O) groups excluding carboxylic acids is 2. The van der Waals surface area contributed by atoms with Gasteiger partial charge in [-0.25, -0.2) is 0 Å². The molecule has 0 saturated heterocycles. The molecule has 6 heteroatoms. The number of anilines is 1. The number of rotatable bonds is 15. The molecule has 31 heavy (non-hydrogen) atoms. The number of unbranched alkanes of at least 4 members (excludes halogenated alkanes) is 3. The zero-order valence-electron chi connectivity index (χ0n) is 19.6. The van der Waals surface area contributed by atoms with Crippen molar-refractivity contribution in [3.63, 3.8) is 0 Å². The zero-order chi connectivity index (χ0) is 22.6. The number of amides is 2. The van der Waals surface area contributed by atoms with Gasteiger partial charge >= 0.3 is 0 Å². The molecule has 1 aromatic rings. The van der Waals surface area contributed by atoms with Crippen LogP contribution in [0.4, 0.5) is 5.69 Å². The van der Waals surface area contributed by atoms with Gasteiger partial charge in [-0.2, -0.15) is 0 Å². The number of carbonyl (C=O) groups is 2. The lowest BCUT2D eigenvalue weighted by molar-refractivity contribution is -0.136. The summed E-state index contributed by atoms with van der Waals surface area (Å²) in [7, 11) is 0. The van der Waals surface area contributed by atoms with Gasteiger partial charge in [-0.1, -0.05) is 44.4 Å². The molecule has 1 aromatic carbocycles. The second kappa shape index (κ2) is 13.3. The van der Waals surface area contributed by atoms with E-state index in [1.54, 1.807) is 0 Å². The molecule has 3 N–H and O–H groups in total. The molecule has 0 fully saturated rings. The minimum atomic E-state index is -0.178. The maximum atomic E-state index is 11.5. The normalized spacial score (nSPS) is 15.7. The molecule has 0 spiro atoms. The van der Waals surface area contributed by atoms with E-state index in [-0.39, 0.29) is 11.8 Å². The van der Waals surface area contributed by atoms with Gasteiger partial charge in [-0.15, -0.1) is 0 Å². The minimum Gasteiger partial charge on any atom is -0.383 e. The van der Waals surface area contributed by atoms with Crippen molar-refractivity contribution in [2.24, 2.45) is 5.92 Å². The van der Waals surface area contributed by atoms with Crippen LogP contribution in [0.3, 0.4) is 0 Å². The largest absolute Gasteiger partial charge is 0.383 e. The van der Waals surface area contributed by atoms with Crippen molar-refractivity contribution >= 4 is 17.5 Å². The molecule has 0 unspecified atom stereocenters. The molecule has 0 aromatic heterocycles. The Hall–Kier alpha value is -2.18. The monoisotopic (exact) mass is 428 g/mol. The summed E-state index contributed by atoms with van der Waals surface area (Å²) in [6.45, 7) is 12.2. The Labute approximate surface area is 187 Å². The van der Waals surface area contributed by atoms with Crippen LogP contribution in [0.25, 0.3) is 0 Å². The van der Waals surface area contributed by atoms with Crippen LogP contribution in [0.2, 0.25) is 0 Å². The van der Waals surface area contributed by atoms with E-state index in [1.807, 2.05) is 0 Å². The van der Waals surface area contributed by atoms with Gasteiger partial charge in [0.15, 0.2) is 0 Å². The minimum absolute atomic E-state index is 0.178. The molecule has 2 rings (SSSR count). The van der Waals surface area contributed by atoms with Gasteiger partial charge in [0.2, 0.25) is 0 Å². The maximum Gasteiger partial charge on any atom is 0.253 e. The van der Waals surface area contributed by atoms with Gasteiger partial charge in [-0.3, -0.25) is 14.5 Å². The van der Waals surface area contributed by atoms with Crippen LogP contribution < -0.4 is 16.0 Å². The van der Waals surface area contributed by atoms with Gasteiger partial charge in [0.05, 0.1) is 0 Å². The van der Waals surface area contributed by atoms with Crippen LogP contribution in [-0.2, 0) is 9.59 Å². The maximum absolute atomic E-state index is 11.5. The lowest BCUT2D eigenvalue weighted by Crippen LogP contribution is -2.46. The van der Waals surface area contributed by atoms with Crippen LogP contribution in [-0.4, -0.2) is 55.0 Å². The Morgan fingerprint density at radius 1 is 0.839 bits per heavy atom. The quantitative estimate of drug-likeness (QED) is 0.295. The Morgan fingerprint density at radius 2 is 1.48 bits per heavy atom. The van der Waals surface area contributed by atoms with Crippen LogP contribution >= 0.6 is 0 Å². The molecule has 2 atom stereocenters. The first kappa shape index (κ1) is 25.1. The molecular weight excluding hydrogens is 388 g/mol. The highest BCUT2D eigenvalue weighted by molar-refractivity contribution is 6.12. The molecule has 1 aliphatic rings. The van der Waals surface area contributed by atoms with E-state index in [9.17, 15) is 9.59 Å². The van der Waals surface area contributed by atoms with Gasteiger partial charge < -0.3 is 16.0 Å². The molecule has 0 saturated carbocycles. The molecule has 6 nitrogen and oxygen atoms in total. The number of aryl methyl sites for hydroxylation is 1. The molecule has 1 aliphatic heterocycles. The summed E-state index contributed by atoms with van der Waals surface area (Å²) in [6, 6.07) is 9.32. The number of nitrogens with one attached hydrogen (secondary N) is 3. The molecular formula is C25H40N4O2. The molecule has 0 radical (unpaired) electrons. The number of hydrogen-bond donors (Lipinski definition) is 3. The predicted molar refractivity (Wildman–Crippen MR) is 128 cm³/mol. The van der Waals surface area contributed by atoms with Gasteiger partial charge in [0.25, 0.3) is 11.8 Å². The molecule has 172 valence electrons. The fourth-order valence-electron chi connectivity index (χ4n) is 3.57. The first-order valence-electron chi connectivity index (χ1n) is 11.7. The lowest BCUT2D eigenvalue weighted by Gasteiger charge is -2.25. The molecule has 1 heterocycles. The van der Waals surface area contributed by atoms with Crippen LogP contribution in [0, 0.1) is 12.8 Å². The van der Waals surface area contributed by atoms with E-state index < -0.39 is 0 Å². The topological polar surface area (TPSA) is 73.5 Å². The summed E-state index contributed by atoms with van der Waals surface area (Å²) in [4.78, 5) is 24.4. The molecule has 0 aliphatic carbocycles. The standard InChI is InChI=1S/C25H40N4O2/c1-19(2)23(18-27-21(4)17-28-22-11-9-20(3)10-12-22)26-15-7-5-6-8-16-29-24(30)13-14-25(29)31/h9-14,19,21,23,26-28H,5-8,15-18H2,1-4H3/t21-,23+/m0/s1. The summed E-state index contributed by atoms with van der Waals surface area (Å²) in [5.74, 6) is 0.203. The van der Waals surface area contributed by atoms with Crippen molar-refractivity contribution in [2.75, 3.05) is 31.5 Å². The third kappa shape index (κ3) is 9.23. The number of imide groups is 1. The number of benzene rings is 1. The van der Waals surface area contributed by atoms with E-state index in [0.717, 1.165) is 51.0 Å². The smallest absolute Gasteiger partial charge is 0.253 e. The van der Waals surface area contributed by atoms with Crippen molar-refractivity contribution in [3.05, 3.63) is 42.0 Å². The van der Waals surface area contributed by atoms with E-state index in [0.29, 0.717) is 24.5 Å². The van der Waals surface area contributed by atoms with Crippen molar-refractivity contribution in [3.8, 4) is 0 Å². The molecule has 2 amide bonds. The first-order valence-corrected chi connectivity index (χ1v) is 11.7. The highest BCUT2D eigenvalue weighted by Crippen LogP contribution is 2.09. The van der Waals surface area contributed by atoms with Crippen LogP contribution in [0.15, 0.2) is 36.4 Å². The summed E-state index contributed by atoms with van der Waals surface area (Å²) >= 11 is 0. The Morgan fingerprint density at radius 3 is 2.13 bits per heavy atom. The third-order valence-corrected chi connectivity index (χ3v) is 5.77. The zero-order valence-corrected chi connectivity index (χ0v) is 19.6. The van der Waals surface area contributed by atoms with Gasteiger partial charge in [0.1, 0.15) is 0 Å². The van der Waals surface area contributed by atoms with Crippen molar-refractivity contribution < 1.29 is 9.59 Å². The van der Waals surface area contributed by atoms with Crippen LogP contribution in [0.5, 0.6) is 0 Å². The lowest BCUT2D eigenvalue weighted by atomic mass is 10.0. The van der Waals surface area contributed by atoms with Gasteiger partial charge in [-0.05, 0) is 51.3 Å². The fraction of sp³-hybridized carbons (Fsp3) is 0.600. The summed E-state index contributed by atoms with van der Waals surface area (Å²) < 4.78 is 0. The highest BCUT2D eigenvalue weighted by Gasteiger charge is 2.22. The Kier molecular flexibility index (Phi) is 10.7. The van der Waals surface area contributed by atoms with E-state index in [2.05, 4.69) is 67.9 Å². The number of hydrogen-bond acceptors (Lipinski definition) is 5. The highest BCUT2D eigenvalue weighted by atomic mass is 16.2. The van der Waals surface area contributed by atoms with Crippen molar-refractivity contribution in [1.29, 1.82) is 0 Å². The van der Waals surface area contributed by atoms with E-state index >= 15 is 0 Å². The number of nitrogens with zero attached hydrogens (tertiary/aromatic N) is 1. The Bertz CT molecular complexity index is 697. The van der Waals surface area contributed by atoms with Crippen molar-refractivity contribution in [1.82, 2.24) is 15.5 Å². The van der Waals surface area contributed by atoms with E-state index in [4.69, 9.17) is 0 Å². The van der Waals surface area contributed by atoms with Crippen molar-refractivity contribution in [2.45, 2.75) is 65.5 Å². The third-order valence-electron chi connectivity index (χ3n) is 5.77. The van der Waals surface area contributed by atoms with E-state index in [1.165, 1.54) is 22.6 Å². The predicted octanol–water partition coefficient (Wildman–Crippen LogP) is 3.48. The summed E-state index contributed by atoms with van der Waals surface area (Å²) in [6.07, 6.45) is 6.82. The average molecular weight is 429 g/mol. The SMILES string of the molecule is Cc1ccc(NC[C@H](C)NC[C@@H](NCCCCCCN2C(=O)C=CC2=O)C(C)C)cc1. The second-order valence-electron chi connectivity index (χ2n) is 8.94. The summed E-state index contributed by atoms with van der Waals surface area (Å²) in [5, 5.41) is 10.8. The van der Waals surface area contributed by atoms with Crippen LogP contribution in [0.1, 0.15) is 52.0 Å². The molecule has 0 bridgehead atoms. The van der Waals surface area contributed by atoms with Gasteiger partial charge in [0, 0.05) is 49.6 Å².